The summed E-state index contributed by atoms with van der Waals surface area (Å²) in [7, 11) is 0. The first-order chi connectivity index (χ1) is 5.33. The van der Waals surface area contributed by atoms with Crippen LogP contribution in [0.15, 0.2) is 12.1 Å². The van der Waals surface area contributed by atoms with Gasteiger partial charge in [-0.15, -0.1) is 11.3 Å². The van der Waals surface area contributed by atoms with Gasteiger partial charge in [0, 0.05) is 9.75 Å². The predicted molar refractivity (Wildman–Crippen MR) is 47.5 cm³/mol. The molecule has 1 heterocycles. The van der Waals surface area contributed by atoms with Crippen molar-refractivity contribution in [3.63, 3.8) is 0 Å². The molecule has 0 unspecified atom stereocenters. The molecule has 0 radical (unpaired) electrons. The van der Waals surface area contributed by atoms with Gasteiger partial charge in [0.2, 0.25) is 0 Å². The van der Waals surface area contributed by atoms with Gasteiger partial charge in [-0.3, -0.25) is 0 Å². The van der Waals surface area contributed by atoms with E-state index < -0.39 is 0 Å². The molecule has 0 spiro atoms. The molecule has 1 rings (SSSR count). The maximum absolute atomic E-state index is 5.00. The largest absolute Gasteiger partial charge is 0.302 e. The lowest BCUT2D eigenvalue weighted by molar-refractivity contribution is 0.0469. The summed E-state index contributed by atoms with van der Waals surface area (Å²) >= 11 is 1.80. The molecule has 0 aliphatic rings. The van der Waals surface area contributed by atoms with Crippen LogP contribution in [0.5, 0.6) is 0 Å². The predicted octanol–water partition coefficient (Wildman–Crippen LogP) is 2.10. The van der Waals surface area contributed by atoms with E-state index >= 15 is 0 Å². The lowest BCUT2D eigenvalue weighted by Gasteiger charge is -1.99. The summed E-state index contributed by atoms with van der Waals surface area (Å²) in [4.78, 5) is 7.66. The van der Waals surface area contributed by atoms with Gasteiger partial charge in [-0.05, 0) is 26.0 Å². The molecular weight excluding hydrogens is 158 g/mol. The molecule has 1 N–H and O–H groups in total. The van der Waals surface area contributed by atoms with Gasteiger partial charge in [0.15, 0.2) is 0 Å². The van der Waals surface area contributed by atoms with Crippen LogP contribution in [-0.2, 0) is 11.4 Å². The minimum atomic E-state index is 0.713. The first-order valence-corrected chi connectivity index (χ1v) is 4.54. The maximum atomic E-state index is 5.00. The monoisotopic (exact) mass is 171 g/mol. The number of thiophene rings is 1. The van der Waals surface area contributed by atoms with E-state index in [0.29, 0.717) is 6.61 Å². The summed E-state index contributed by atoms with van der Waals surface area (Å²) in [5.74, 6) is 0. The van der Waals surface area contributed by atoms with Crippen molar-refractivity contribution in [2.24, 2.45) is 0 Å². The molecule has 1 aromatic heterocycles. The fourth-order valence-corrected chi connectivity index (χ4v) is 1.62. The van der Waals surface area contributed by atoms with E-state index in [1.807, 2.05) is 6.92 Å². The molecule has 0 saturated carbocycles. The van der Waals surface area contributed by atoms with E-state index in [0.717, 1.165) is 6.54 Å². The van der Waals surface area contributed by atoms with Crippen LogP contribution in [0.3, 0.4) is 0 Å². The van der Waals surface area contributed by atoms with Gasteiger partial charge >= 0.3 is 0 Å². The normalized spacial score (nSPS) is 10.4. The number of hydrogen-bond donors (Lipinski definition) is 1. The highest BCUT2D eigenvalue weighted by Gasteiger charge is 1.94. The number of rotatable bonds is 4. The Kier molecular flexibility index (Phi) is 3.56. The number of hydroxylamine groups is 1. The average Bonchev–Trinajstić information content (AvgIpc) is 2.37. The van der Waals surface area contributed by atoms with Gasteiger partial charge in [0.05, 0.1) is 13.2 Å². The summed E-state index contributed by atoms with van der Waals surface area (Å²) in [6.07, 6.45) is 0. The molecule has 0 atom stereocenters. The minimum Gasteiger partial charge on any atom is -0.302 e. The summed E-state index contributed by atoms with van der Waals surface area (Å²) in [6.45, 7) is 5.60. The van der Waals surface area contributed by atoms with Crippen molar-refractivity contribution in [2.75, 3.05) is 6.61 Å². The summed E-state index contributed by atoms with van der Waals surface area (Å²) in [5, 5.41) is 0. The Morgan fingerprint density at radius 1 is 1.55 bits per heavy atom. The molecule has 0 aromatic carbocycles. The van der Waals surface area contributed by atoms with Crippen molar-refractivity contribution in [3.8, 4) is 0 Å². The van der Waals surface area contributed by atoms with Crippen LogP contribution in [-0.4, -0.2) is 6.61 Å². The van der Waals surface area contributed by atoms with Crippen molar-refractivity contribution in [2.45, 2.75) is 20.4 Å². The lowest BCUT2D eigenvalue weighted by atomic mass is 10.4. The number of nitrogens with one attached hydrogen (secondary N) is 1. The molecule has 11 heavy (non-hydrogen) atoms. The second kappa shape index (κ2) is 4.49. The van der Waals surface area contributed by atoms with E-state index in [-0.39, 0.29) is 0 Å². The van der Waals surface area contributed by atoms with E-state index in [9.17, 15) is 0 Å². The highest BCUT2D eigenvalue weighted by molar-refractivity contribution is 7.11. The van der Waals surface area contributed by atoms with Crippen molar-refractivity contribution < 1.29 is 4.84 Å². The van der Waals surface area contributed by atoms with Crippen molar-refractivity contribution >= 4 is 11.3 Å². The highest BCUT2D eigenvalue weighted by Crippen LogP contribution is 2.14. The fourth-order valence-electron chi connectivity index (χ4n) is 0.804. The fraction of sp³-hybridized carbons (Fsp3) is 0.500. The van der Waals surface area contributed by atoms with Gasteiger partial charge in [0.25, 0.3) is 0 Å². The Balaban J connectivity index is 2.27. The standard InChI is InChI=1S/C8H13NOS/c1-3-10-9-6-8-5-4-7(2)11-8/h4-5,9H,3,6H2,1-2H3. The molecule has 0 amide bonds. The Morgan fingerprint density at radius 2 is 2.36 bits per heavy atom. The maximum Gasteiger partial charge on any atom is 0.0654 e. The van der Waals surface area contributed by atoms with Crippen LogP contribution in [0.1, 0.15) is 16.7 Å². The highest BCUT2D eigenvalue weighted by atomic mass is 32.1. The number of hydrogen-bond acceptors (Lipinski definition) is 3. The van der Waals surface area contributed by atoms with E-state index in [4.69, 9.17) is 4.84 Å². The second-order valence-electron chi connectivity index (χ2n) is 2.27. The second-order valence-corrected chi connectivity index (χ2v) is 3.64. The first kappa shape index (κ1) is 8.71. The third kappa shape index (κ3) is 3.01. The number of aryl methyl sites for hydroxylation is 1. The van der Waals surface area contributed by atoms with E-state index in [2.05, 4.69) is 24.5 Å². The van der Waals surface area contributed by atoms with Gasteiger partial charge in [0.1, 0.15) is 0 Å². The molecule has 1 aromatic rings. The van der Waals surface area contributed by atoms with Crippen LogP contribution in [0.4, 0.5) is 0 Å². The van der Waals surface area contributed by atoms with Gasteiger partial charge < -0.3 is 4.84 Å². The van der Waals surface area contributed by atoms with Gasteiger partial charge in [-0.1, -0.05) is 0 Å². The summed E-state index contributed by atoms with van der Waals surface area (Å²) < 4.78 is 0. The Hall–Kier alpha value is -0.380. The van der Waals surface area contributed by atoms with Crippen LogP contribution < -0.4 is 5.48 Å². The van der Waals surface area contributed by atoms with Gasteiger partial charge in [-0.2, -0.15) is 5.48 Å². The van der Waals surface area contributed by atoms with Crippen molar-refractivity contribution in [1.29, 1.82) is 0 Å². The summed E-state index contributed by atoms with van der Waals surface area (Å²) in [5.41, 5.74) is 2.88. The Morgan fingerprint density at radius 3 is 2.91 bits per heavy atom. The molecule has 0 fully saturated rings. The molecular formula is C8H13NOS. The first-order valence-electron chi connectivity index (χ1n) is 3.73. The Labute approximate surface area is 71.1 Å². The molecule has 0 aliphatic heterocycles. The molecule has 2 nitrogen and oxygen atoms in total. The molecule has 62 valence electrons. The smallest absolute Gasteiger partial charge is 0.0654 e. The van der Waals surface area contributed by atoms with Crippen LogP contribution in [0.25, 0.3) is 0 Å². The summed E-state index contributed by atoms with van der Waals surface area (Å²) in [6, 6.07) is 4.24. The van der Waals surface area contributed by atoms with E-state index in [1.54, 1.807) is 11.3 Å². The topological polar surface area (TPSA) is 21.3 Å². The lowest BCUT2D eigenvalue weighted by Crippen LogP contribution is -2.12. The quantitative estimate of drug-likeness (QED) is 0.553. The van der Waals surface area contributed by atoms with E-state index in [1.165, 1.54) is 9.75 Å². The zero-order valence-corrected chi connectivity index (χ0v) is 7.70. The molecule has 0 saturated heterocycles. The van der Waals surface area contributed by atoms with Crippen molar-refractivity contribution in [3.05, 3.63) is 21.9 Å². The average molecular weight is 171 g/mol. The molecule has 0 aliphatic carbocycles. The molecule has 3 heteroatoms. The SMILES string of the molecule is CCONCc1ccc(C)s1. The van der Waals surface area contributed by atoms with Gasteiger partial charge in [-0.25, -0.2) is 0 Å². The zero-order valence-electron chi connectivity index (χ0n) is 6.89. The Bertz CT molecular complexity index is 210. The zero-order chi connectivity index (χ0) is 8.10. The third-order valence-corrected chi connectivity index (χ3v) is 2.29. The van der Waals surface area contributed by atoms with Crippen LogP contribution in [0.2, 0.25) is 0 Å². The van der Waals surface area contributed by atoms with Crippen LogP contribution in [0, 0.1) is 6.92 Å². The third-order valence-electron chi connectivity index (χ3n) is 1.29. The van der Waals surface area contributed by atoms with Crippen LogP contribution >= 0.6 is 11.3 Å². The van der Waals surface area contributed by atoms with Crippen molar-refractivity contribution in [1.82, 2.24) is 5.48 Å². The minimum absolute atomic E-state index is 0.713. The molecule has 0 bridgehead atoms.